The van der Waals surface area contributed by atoms with Crippen LogP contribution in [0.5, 0.6) is 5.75 Å². The van der Waals surface area contributed by atoms with Gasteiger partial charge in [-0.25, -0.2) is 0 Å². The Bertz CT molecular complexity index is 458. The highest BCUT2D eigenvalue weighted by atomic mass is 16.5. The number of benzene rings is 1. The van der Waals surface area contributed by atoms with Crippen molar-refractivity contribution in [1.29, 1.82) is 0 Å². The van der Waals surface area contributed by atoms with E-state index in [4.69, 9.17) is 4.74 Å². The lowest BCUT2D eigenvalue weighted by Gasteiger charge is -2.09. The van der Waals surface area contributed by atoms with E-state index >= 15 is 0 Å². The maximum atomic E-state index is 11.7. The minimum Gasteiger partial charge on any atom is -0.497 e. The Morgan fingerprint density at radius 3 is 2.38 bits per heavy atom. The topological polar surface area (TPSA) is 79.5 Å². The normalized spacial score (nSPS) is 10.3. The van der Waals surface area contributed by atoms with E-state index < -0.39 is 0 Å². The first-order valence-corrected chi connectivity index (χ1v) is 6.95. The molecule has 2 amide bonds. The summed E-state index contributed by atoms with van der Waals surface area (Å²) in [5.74, 6) is 0.569. The zero-order valence-electron chi connectivity index (χ0n) is 12.7. The molecule has 116 valence electrons. The van der Waals surface area contributed by atoms with Gasteiger partial charge in [-0.2, -0.15) is 0 Å². The minimum absolute atomic E-state index is 0.0203. The van der Waals surface area contributed by atoms with Gasteiger partial charge in [-0.3, -0.25) is 9.59 Å². The van der Waals surface area contributed by atoms with Gasteiger partial charge in [0.1, 0.15) is 5.75 Å². The number of nitrogens with one attached hydrogen (secondary N) is 3. The Morgan fingerprint density at radius 1 is 1.14 bits per heavy atom. The molecular weight excluding hydrogens is 270 g/mol. The summed E-state index contributed by atoms with van der Waals surface area (Å²) in [6.45, 7) is 4.46. The first kappa shape index (κ1) is 17.0. The quantitative estimate of drug-likeness (QED) is 0.628. The molecule has 0 aromatic heterocycles. The van der Waals surface area contributed by atoms with Crippen LogP contribution in [0.3, 0.4) is 0 Å². The van der Waals surface area contributed by atoms with Crippen molar-refractivity contribution in [2.24, 2.45) is 0 Å². The fourth-order valence-corrected chi connectivity index (χ4v) is 1.68. The molecule has 0 bridgehead atoms. The molecule has 0 aliphatic rings. The standard InChI is InChI=1S/C15H23N3O3/c1-11(2)17-14(19)8-9-16-10-15(20)18-12-4-6-13(21-3)7-5-12/h4-7,11,16H,8-10H2,1-3H3,(H,17,19)(H,18,20). The van der Waals surface area contributed by atoms with Crippen LogP contribution >= 0.6 is 0 Å². The van der Waals surface area contributed by atoms with Gasteiger partial charge in [0.2, 0.25) is 11.8 Å². The average Bonchev–Trinajstić information content (AvgIpc) is 2.44. The van der Waals surface area contributed by atoms with Gasteiger partial charge < -0.3 is 20.7 Å². The summed E-state index contributed by atoms with van der Waals surface area (Å²) in [5, 5.41) is 8.48. The second-order valence-corrected chi connectivity index (χ2v) is 4.93. The van der Waals surface area contributed by atoms with Crippen molar-refractivity contribution >= 4 is 17.5 Å². The van der Waals surface area contributed by atoms with Gasteiger partial charge in [0, 0.05) is 24.7 Å². The van der Waals surface area contributed by atoms with Gasteiger partial charge in [-0.15, -0.1) is 0 Å². The zero-order chi connectivity index (χ0) is 15.7. The fourth-order valence-electron chi connectivity index (χ4n) is 1.68. The number of carbonyl (C=O) groups is 2. The molecule has 0 heterocycles. The Kier molecular flexibility index (Phi) is 7.25. The van der Waals surface area contributed by atoms with E-state index in [1.54, 1.807) is 31.4 Å². The number of methoxy groups -OCH3 is 1. The fraction of sp³-hybridized carbons (Fsp3) is 0.467. The van der Waals surface area contributed by atoms with Crippen molar-refractivity contribution in [3.63, 3.8) is 0 Å². The van der Waals surface area contributed by atoms with E-state index in [0.717, 1.165) is 5.75 Å². The Hall–Kier alpha value is -2.08. The lowest BCUT2D eigenvalue weighted by molar-refractivity contribution is -0.121. The molecule has 1 aromatic rings. The maximum absolute atomic E-state index is 11.7. The summed E-state index contributed by atoms with van der Waals surface area (Å²) in [6.07, 6.45) is 0.355. The first-order chi connectivity index (χ1) is 10.0. The lowest BCUT2D eigenvalue weighted by atomic mass is 10.3. The Labute approximate surface area is 125 Å². The van der Waals surface area contributed by atoms with Crippen molar-refractivity contribution in [2.45, 2.75) is 26.3 Å². The van der Waals surface area contributed by atoms with Crippen molar-refractivity contribution in [2.75, 3.05) is 25.5 Å². The van der Waals surface area contributed by atoms with E-state index in [0.29, 0.717) is 18.7 Å². The van der Waals surface area contributed by atoms with Gasteiger partial charge in [0.05, 0.1) is 13.7 Å². The molecule has 0 saturated carbocycles. The van der Waals surface area contributed by atoms with Gasteiger partial charge in [0.25, 0.3) is 0 Å². The summed E-state index contributed by atoms with van der Waals surface area (Å²) in [4.78, 5) is 23.1. The summed E-state index contributed by atoms with van der Waals surface area (Å²) < 4.78 is 5.04. The molecule has 21 heavy (non-hydrogen) atoms. The summed E-state index contributed by atoms with van der Waals surface area (Å²) >= 11 is 0. The minimum atomic E-state index is -0.149. The Morgan fingerprint density at radius 2 is 1.81 bits per heavy atom. The number of rotatable bonds is 8. The van der Waals surface area contributed by atoms with Gasteiger partial charge in [0.15, 0.2) is 0 Å². The van der Waals surface area contributed by atoms with Crippen molar-refractivity contribution < 1.29 is 14.3 Å². The van der Waals surface area contributed by atoms with E-state index in [1.165, 1.54) is 0 Å². The molecule has 0 unspecified atom stereocenters. The highest BCUT2D eigenvalue weighted by molar-refractivity contribution is 5.92. The van der Waals surface area contributed by atoms with E-state index in [-0.39, 0.29) is 24.4 Å². The molecule has 0 radical (unpaired) electrons. The zero-order valence-corrected chi connectivity index (χ0v) is 12.7. The van der Waals surface area contributed by atoms with Crippen LogP contribution in [-0.2, 0) is 9.59 Å². The van der Waals surface area contributed by atoms with E-state index in [9.17, 15) is 9.59 Å². The maximum Gasteiger partial charge on any atom is 0.238 e. The molecule has 1 rings (SSSR count). The van der Waals surface area contributed by atoms with Gasteiger partial charge in [-0.05, 0) is 38.1 Å². The SMILES string of the molecule is COc1ccc(NC(=O)CNCCC(=O)NC(C)C)cc1. The van der Waals surface area contributed by atoms with Crippen LogP contribution in [0.1, 0.15) is 20.3 Å². The number of ether oxygens (including phenoxy) is 1. The monoisotopic (exact) mass is 293 g/mol. The number of hydrogen-bond acceptors (Lipinski definition) is 4. The summed E-state index contributed by atoms with van der Waals surface area (Å²) in [5.41, 5.74) is 0.708. The molecule has 0 atom stereocenters. The van der Waals surface area contributed by atoms with Crippen LogP contribution in [0.15, 0.2) is 24.3 Å². The van der Waals surface area contributed by atoms with E-state index in [1.807, 2.05) is 13.8 Å². The molecule has 0 saturated heterocycles. The summed E-state index contributed by atoms with van der Waals surface area (Å²) in [6, 6.07) is 7.23. The van der Waals surface area contributed by atoms with Crippen LogP contribution in [0.4, 0.5) is 5.69 Å². The highest BCUT2D eigenvalue weighted by Crippen LogP contribution is 2.14. The molecule has 0 aliphatic heterocycles. The molecule has 6 nitrogen and oxygen atoms in total. The van der Waals surface area contributed by atoms with E-state index in [2.05, 4.69) is 16.0 Å². The first-order valence-electron chi connectivity index (χ1n) is 6.95. The van der Waals surface area contributed by atoms with Gasteiger partial charge in [-0.1, -0.05) is 0 Å². The Balaban J connectivity index is 2.20. The van der Waals surface area contributed by atoms with Crippen molar-refractivity contribution in [1.82, 2.24) is 10.6 Å². The second kappa shape index (κ2) is 8.97. The summed E-state index contributed by atoms with van der Waals surface area (Å²) in [7, 11) is 1.59. The molecule has 3 N–H and O–H groups in total. The van der Waals surface area contributed by atoms with Crippen molar-refractivity contribution in [3.05, 3.63) is 24.3 Å². The number of hydrogen-bond donors (Lipinski definition) is 3. The number of carbonyl (C=O) groups excluding carboxylic acids is 2. The highest BCUT2D eigenvalue weighted by Gasteiger charge is 2.05. The molecule has 0 aliphatic carbocycles. The molecule has 6 heteroatoms. The van der Waals surface area contributed by atoms with Crippen LogP contribution in [0.25, 0.3) is 0 Å². The molecule has 0 spiro atoms. The number of anilines is 1. The second-order valence-electron chi connectivity index (χ2n) is 4.93. The molecule has 1 aromatic carbocycles. The largest absolute Gasteiger partial charge is 0.497 e. The third kappa shape index (κ3) is 7.31. The van der Waals surface area contributed by atoms with Crippen LogP contribution < -0.4 is 20.7 Å². The predicted octanol–water partition coefficient (Wildman–Crippen LogP) is 1.14. The molecule has 0 fully saturated rings. The lowest BCUT2D eigenvalue weighted by Crippen LogP contribution is -2.34. The predicted molar refractivity (Wildman–Crippen MR) is 82.4 cm³/mol. The average molecular weight is 293 g/mol. The van der Waals surface area contributed by atoms with Crippen LogP contribution in [-0.4, -0.2) is 38.1 Å². The van der Waals surface area contributed by atoms with Crippen molar-refractivity contribution in [3.8, 4) is 5.75 Å². The van der Waals surface area contributed by atoms with Crippen LogP contribution in [0, 0.1) is 0 Å². The number of amides is 2. The van der Waals surface area contributed by atoms with Gasteiger partial charge >= 0.3 is 0 Å². The third-order valence-corrected chi connectivity index (χ3v) is 2.64. The van der Waals surface area contributed by atoms with Crippen LogP contribution in [0.2, 0.25) is 0 Å². The smallest absolute Gasteiger partial charge is 0.238 e. The third-order valence-electron chi connectivity index (χ3n) is 2.64. The molecular formula is C15H23N3O3.